The number of Topliss-reactive ketones (excluding diaryl/α,β-unsaturated/α-hetero) is 1. The summed E-state index contributed by atoms with van der Waals surface area (Å²) >= 11 is 0. The summed E-state index contributed by atoms with van der Waals surface area (Å²) in [5, 5.41) is 5.33. The Balaban J connectivity index is 2.33. The molecule has 0 aromatic heterocycles. The van der Waals surface area contributed by atoms with Gasteiger partial charge in [-0.3, -0.25) is 4.79 Å². The lowest BCUT2D eigenvalue weighted by atomic mass is 10.1. The lowest BCUT2D eigenvalue weighted by Gasteiger charge is -2.08. The van der Waals surface area contributed by atoms with Gasteiger partial charge in [-0.25, -0.2) is 4.79 Å². The molecule has 108 valence electrons. The van der Waals surface area contributed by atoms with Crippen molar-refractivity contribution in [3.63, 3.8) is 0 Å². The maximum Gasteiger partial charge on any atom is 0.319 e. The zero-order valence-corrected chi connectivity index (χ0v) is 11.9. The molecule has 0 spiro atoms. The normalized spacial score (nSPS) is 9.90. The summed E-state index contributed by atoms with van der Waals surface area (Å²) in [7, 11) is 0. The van der Waals surface area contributed by atoms with E-state index in [0.717, 1.165) is 5.57 Å². The zero-order valence-electron chi connectivity index (χ0n) is 11.9. The van der Waals surface area contributed by atoms with Crippen molar-refractivity contribution in [3.05, 3.63) is 42.0 Å². The van der Waals surface area contributed by atoms with Gasteiger partial charge < -0.3 is 15.4 Å². The summed E-state index contributed by atoms with van der Waals surface area (Å²) in [5.74, 6) is -0.0396. The van der Waals surface area contributed by atoms with Gasteiger partial charge >= 0.3 is 6.03 Å². The average Bonchev–Trinajstić information content (AvgIpc) is 2.38. The smallest absolute Gasteiger partial charge is 0.319 e. The molecule has 0 atom stereocenters. The Morgan fingerprint density at radius 3 is 2.70 bits per heavy atom. The van der Waals surface area contributed by atoms with Crippen LogP contribution in [0, 0.1) is 0 Å². The molecule has 0 aliphatic rings. The first kappa shape index (κ1) is 15.9. The molecule has 1 aromatic carbocycles. The van der Waals surface area contributed by atoms with Gasteiger partial charge in [0.15, 0.2) is 5.78 Å². The van der Waals surface area contributed by atoms with Crippen LogP contribution in [0.25, 0.3) is 0 Å². The number of amides is 2. The summed E-state index contributed by atoms with van der Waals surface area (Å²) in [6, 6.07) is 6.46. The van der Waals surface area contributed by atoms with Crippen LogP contribution in [-0.4, -0.2) is 31.6 Å². The van der Waals surface area contributed by atoms with Crippen LogP contribution in [-0.2, 0) is 4.74 Å². The quantitative estimate of drug-likeness (QED) is 0.457. The second-order valence-electron chi connectivity index (χ2n) is 4.53. The number of ether oxygens (including phenoxy) is 1. The molecule has 1 aromatic rings. The van der Waals surface area contributed by atoms with E-state index in [1.807, 2.05) is 6.92 Å². The monoisotopic (exact) mass is 276 g/mol. The minimum Gasteiger partial charge on any atom is -0.375 e. The standard InChI is InChI=1S/C15H20N2O3/c1-11(2)10-20-8-7-16-15(19)17-14-6-4-5-13(9-14)12(3)18/h4-6,9H,1,7-8,10H2,2-3H3,(H2,16,17,19). The number of carbonyl (C=O) groups excluding carboxylic acids is 2. The van der Waals surface area contributed by atoms with Crippen molar-refractivity contribution < 1.29 is 14.3 Å². The van der Waals surface area contributed by atoms with Gasteiger partial charge in [-0.2, -0.15) is 0 Å². The lowest BCUT2D eigenvalue weighted by molar-refractivity contribution is 0.101. The number of benzene rings is 1. The number of carbonyl (C=O) groups is 2. The lowest BCUT2D eigenvalue weighted by Crippen LogP contribution is -2.31. The first-order valence-electron chi connectivity index (χ1n) is 6.37. The molecule has 0 radical (unpaired) electrons. The van der Waals surface area contributed by atoms with Crippen LogP contribution in [0.1, 0.15) is 24.2 Å². The van der Waals surface area contributed by atoms with E-state index in [2.05, 4.69) is 17.2 Å². The van der Waals surface area contributed by atoms with Crippen LogP contribution in [0.4, 0.5) is 10.5 Å². The van der Waals surface area contributed by atoms with Gasteiger partial charge in [0.1, 0.15) is 0 Å². The number of urea groups is 1. The van der Waals surface area contributed by atoms with Crippen LogP contribution in [0.5, 0.6) is 0 Å². The Hall–Kier alpha value is -2.14. The van der Waals surface area contributed by atoms with Crippen LogP contribution in [0.15, 0.2) is 36.4 Å². The number of rotatable bonds is 7. The van der Waals surface area contributed by atoms with Crippen molar-refractivity contribution in [1.29, 1.82) is 0 Å². The maximum atomic E-state index is 11.6. The second kappa shape index (κ2) is 8.12. The van der Waals surface area contributed by atoms with E-state index in [4.69, 9.17) is 4.74 Å². The van der Waals surface area contributed by atoms with E-state index in [1.165, 1.54) is 6.92 Å². The van der Waals surface area contributed by atoms with Crippen LogP contribution >= 0.6 is 0 Å². The van der Waals surface area contributed by atoms with Gasteiger partial charge in [-0.15, -0.1) is 0 Å². The highest BCUT2D eigenvalue weighted by molar-refractivity contribution is 5.96. The maximum absolute atomic E-state index is 11.6. The van der Waals surface area contributed by atoms with Gasteiger partial charge in [-0.05, 0) is 26.0 Å². The Labute approximate surface area is 119 Å². The van der Waals surface area contributed by atoms with E-state index < -0.39 is 0 Å². The molecule has 0 aliphatic heterocycles. The fourth-order valence-corrected chi connectivity index (χ4v) is 1.47. The van der Waals surface area contributed by atoms with Crippen molar-refractivity contribution in [2.45, 2.75) is 13.8 Å². The van der Waals surface area contributed by atoms with Crippen molar-refractivity contribution in [2.75, 3.05) is 25.1 Å². The second-order valence-corrected chi connectivity index (χ2v) is 4.53. The van der Waals surface area contributed by atoms with Crippen LogP contribution in [0.2, 0.25) is 0 Å². The molecule has 0 saturated heterocycles. The molecule has 0 unspecified atom stereocenters. The topological polar surface area (TPSA) is 67.4 Å². The van der Waals surface area contributed by atoms with Crippen molar-refractivity contribution in [1.82, 2.24) is 5.32 Å². The molecule has 5 nitrogen and oxygen atoms in total. The van der Waals surface area contributed by atoms with Crippen molar-refractivity contribution >= 4 is 17.5 Å². The molecule has 0 fully saturated rings. The van der Waals surface area contributed by atoms with E-state index in [0.29, 0.717) is 31.0 Å². The fraction of sp³-hybridized carbons (Fsp3) is 0.333. The highest BCUT2D eigenvalue weighted by Gasteiger charge is 2.03. The molecular formula is C15H20N2O3. The minimum absolute atomic E-state index is 0.0396. The number of ketones is 1. The number of hydrogen-bond acceptors (Lipinski definition) is 3. The molecule has 0 aliphatic carbocycles. The predicted molar refractivity (Wildman–Crippen MR) is 79.1 cm³/mol. The Kier molecular flexibility index (Phi) is 6.46. The van der Waals surface area contributed by atoms with Gasteiger partial charge in [0.25, 0.3) is 0 Å². The third-order valence-corrected chi connectivity index (χ3v) is 2.41. The summed E-state index contributed by atoms with van der Waals surface area (Å²) < 4.78 is 5.26. The zero-order chi connectivity index (χ0) is 15.0. The largest absolute Gasteiger partial charge is 0.375 e. The Morgan fingerprint density at radius 1 is 1.30 bits per heavy atom. The molecule has 20 heavy (non-hydrogen) atoms. The van der Waals surface area contributed by atoms with E-state index in [-0.39, 0.29) is 11.8 Å². The highest BCUT2D eigenvalue weighted by Crippen LogP contribution is 2.10. The summed E-state index contributed by atoms with van der Waals surface area (Å²) in [6.45, 7) is 8.40. The molecule has 0 saturated carbocycles. The van der Waals surface area contributed by atoms with E-state index in [9.17, 15) is 9.59 Å². The molecular weight excluding hydrogens is 256 g/mol. The molecule has 1 rings (SSSR count). The Bertz CT molecular complexity index is 498. The predicted octanol–water partition coefficient (Wildman–Crippen LogP) is 2.60. The van der Waals surface area contributed by atoms with E-state index >= 15 is 0 Å². The van der Waals surface area contributed by atoms with E-state index in [1.54, 1.807) is 24.3 Å². The summed E-state index contributed by atoms with van der Waals surface area (Å²) in [5.41, 5.74) is 2.08. The summed E-state index contributed by atoms with van der Waals surface area (Å²) in [4.78, 5) is 22.8. The summed E-state index contributed by atoms with van der Waals surface area (Å²) in [6.07, 6.45) is 0. The SMILES string of the molecule is C=C(C)COCCNC(=O)Nc1cccc(C(C)=O)c1. The minimum atomic E-state index is -0.329. The van der Waals surface area contributed by atoms with Crippen LogP contribution in [0.3, 0.4) is 0 Å². The first-order chi connectivity index (χ1) is 9.49. The molecule has 2 amide bonds. The fourth-order valence-electron chi connectivity index (χ4n) is 1.47. The molecule has 0 heterocycles. The Morgan fingerprint density at radius 2 is 2.05 bits per heavy atom. The molecule has 2 N–H and O–H groups in total. The number of anilines is 1. The average molecular weight is 276 g/mol. The van der Waals surface area contributed by atoms with Crippen molar-refractivity contribution in [3.8, 4) is 0 Å². The van der Waals surface area contributed by atoms with Gasteiger partial charge in [0.2, 0.25) is 0 Å². The van der Waals surface area contributed by atoms with Gasteiger partial charge in [-0.1, -0.05) is 24.3 Å². The highest BCUT2D eigenvalue weighted by atomic mass is 16.5. The van der Waals surface area contributed by atoms with Gasteiger partial charge in [0, 0.05) is 17.8 Å². The number of nitrogens with one attached hydrogen (secondary N) is 2. The first-order valence-corrected chi connectivity index (χ1v) is 6.37. The van der Waals surface area contributed by atoms with Crippen molar-refractivity contribution in [2.24, 2.45) is 0 Å². The third kappa shape index (κ3) is 6.15. The number of hydrogen-bond donors (Lipinski definition) is 2. The van der Waals surface area contributed by atoms with Gasteiger partial charge in [0.05, 0.1) is 13.2 Å². The molecule has 5 heteroatoms. The third-order valence-electron chi connectivity index (χ3n) is 2.41. The molecule has 0 bridgehead atoms. The van der Waals surface area contributed by atoms with Crippen LogP contribution < -0.4 is 10.6 Å².